The van der Waals surface area contributed by atoms with Crippen LogP contribution >= 0.6 is 12.6 Å². The molecule has 0 amide bonds. The van der Waals surface area contributed by atoms with E-state index in [9.17, 15) is 0 Å². The van der Waals surface area contributed by atoms with Crippen molar-refractivity contribution in [3.63, 3.8) is 0 Å². The summed E-state index contributed by atoms with van der Waals surface area (Å²) >= 11 is 4.09. The lowest BCUT2D eigenvalue weighted by Gasteiger charge is -1.93. The van der Waals surface area contributed by atoms with E-state index in [0.29, 0.717) is 6.54 Å². The molecule has 0 heterocycles. The number of nitrogens with zero attached hydrogens (tertiary/aromatic N) is 1. The van der Waals surface area contributed by atoms with E-state index in [-0.39, 0.29) is 0 Å². The van der Waals surface area contributed by atoms with Crippen molar-refractivity contribution in [1.82, 2.24) is 0 Å². The molecule has 0 bridgehead atoms. The summed E-state index contributed by atoms with van der Waals surface area (Å²) in [6, 6.07) is 0. The summed E-state index contributed by atoms with van der Waals surface area (Å²) in [7, 11) is 0. The first kappa shape index (κ1) is 8.95. The average molecular weight is 146 g/mol. The Balaban J connectivity index is 2.66. The van der Waals surface area contributed by atoms with Gasteiger partial charge in [-0.15, -0.1) is 0 Å². The molecule has 0 aliphatic rings. The highest BCUT2D eigenvalue weighted by Crippen LogP contribution is 2.00. The van der Waals surface area contributed by atoms with Crippen LogP contribution in [0, 0.1) is 5.53 Å². The van der Waals surface area contributed by atoms with Gasteiger partial charge in [-0.1, -0.05) is 12.8 Å². The number of rotatable bonds is 6. The average Bonchev–Trinajstić information content (AvgIpc) is 1.89. The highest BCUT2D eigenvalue weighted by Gasteiger charge is 1.85. The lowest BCUT2D eigenvalue weighted by molar-refractivity contribution is 0.663. The van der Waals surface area contributed by atoms with Crippen LogP contribution in [0.1, 0.15) is 25.7 Å². The molecule has 0 saturated carbocycles. The van der Waals surface area contributed by atoms with Crippen LogP contribution in [0.25, 0.3) is 0 Å². The zero-order valence-corrected chi connectivity index (χ0v) is 6.53. The minimum absolute atomic E-state index is 0.701. The van der Waals surface area contributed by atoms with E-state index in [1.807, 2.05) is 0 Å². The molecule has 54 valence electrons. The van der Waals surface area contributed by atoms with Gasteiger partial charge < -0.3 is 0 Å². The van der Waals surface area contributed by atoms with Gasteiger partial charge in [0.05, 0.1) is 6.54 Å². The van der Waals surface area contributed by atoms with E-state index < -0.39 is 0 Å². The number of nitrogens with one attached hydrogen (secondary N) is 1. The molecule has 0 unspecified atom stereocenters. The Hall–Kier alpha value is -0.0500. The van der Waals surface area contributed by atoms with Crippen LogP contribution in [0.4, 0.5) is 0 Å². The maximum atomic E-state index is 6.49. The van der Waals surface area contributed by atoms with Gasteiger partial charge in [0, 0.05) is 0 Å². The highest BCUT2D eigenvalue weighted by molar-refractivity contribution is 7.80. The molecular weight excluding hydrogens is 132 g/mol. The summed E-state index contributed by atoms with van der Waals surface area (Å²) in [6.07, 6.45) is 4.69. The molecule has 0 fully saturated rings. The van der Waals surface area contributed by atoms with Crippen LogP contribution < -0.4 is 0 Å². The summed E-state index contributed by atoms with van der Waals surface area (Å²) in [6.45, 7) is 0.701. The smallest absolute Gasteiger partial charge is 0.0596 e. The number of unbranched alkanes of at least 4 members (excludes halogenated alkanes) is 3. The van der Waals surface area contributed by atoms with Crippen LogP contribution in [0.15, 0.2) is 5.11 Å². The Morgan fingerprint density at radius 2 is 1.78 bits per heavy atom. The second-order valence-electron chi connectivity index (χ2n) is 2.02. The molecule has 0 atom stereocenters. The van der Waals surface area contributed by atoms with Crippen LogP contribution in [0.5, 0.6) is 0 Å². The molecule has 0 aliphatic heterocycles. The lowest BCUT2D eigenvalue weighted by Crippen LogP contribution is -1.81. The molecule has 0 spiro atoms. The molecular formula is C6H14N2S. The first-order valence-electron chi connectivity index (χ1n) is 3.36. The quantitative estimate of drug-likeness (QED) is 0.328. The lowest BCUT2D eigenvalue weighted by atomic mass is 10.2. The first-order valence-corrected chi connectivity index (χ1v) is 3.99. The van der Waals surface area contributed by atoms with E-state index in [4.69, 9.17) is 5.53 Å². The van der Waals surface area contributed by atoms with Gasteiger partial charge in [0.15, 0.2) is 0 Å². The Morgan fingerprint density at radius 1 is 1.11 bits per heavy atom. The van der Waals surface area contributed by atoms with Gasteiger partial charge in [-0.25, -0.2) is 5.53 Å². The maximum Gasteiger partial charge on any atom is 0.0596 e. The summed E-state index contributed by atoms with van der Waals surface area (Å²) in [5.41, 5.74) is 6.49. The second-order valence-corrected chi connectivity index (χ2v) is 2.47. The summed E-state index contributed by atoms with van der Waals surface area (Å²) in [5, 5.41) is 3.26. The highest BCUT2D eigenvalue weighted by atomic mass is 32.1. The van der Waals surface area contributed by atoms with Gasteiger partial charge in [-0.3, -0.25) is 0 Å². The molecule has 3 heteroatoms. The van der Waals surface area contributed by atoms with Crippen molar-refractivity contribution in [2.45, 2.75) is 25.7 Å². The summed E-state index contributed by atoms with van der Waals surface area (Å²) in [5.74, 6) is 0.984. The minimum Gasteiger partial charge on any atom is -0.210 e. The number of thiol groups is 1. The number of hydrogen-bond donors (Lipinski definition) is 2. The fraction of sp³-hybridized carbons (Fsp3) is 1.00. The molecule has 0 aromatic carbocycles. The molecule has 2 nitrogen and oxygen atoms in total. The van der Waals surface area contributed by atoms with Crippen LogP contribution in [-0.2, 0) is 0 Å². The Morgan fingerprint density at radius 3 is 2.33 bits per heavy atom. The van der Waals surface area contributed by atoms with Crippen molar-refractivity contribution in [1.29, 1.82) is 5.53 Å². The van der Waals surface area contributed by atoms with Crippen molar-refractivity contribution < 1.29 is 0 Å². The third-order valence-electron chi connectivity index (χ3n) is 1.18. The Bertz CT molecular complexity index is 66.1. The summed E-state index contributed by atoms with van der Waals surface area (Å²) < 4.78 is 0. The predicted molar refractivity (Wildman–Crippen MR) is 42.3 cm³/mol. The van der Waals surface area contributed by atoms with Gasteiger partial charge in [-0.2, -0.15) is 17.7 Å². The fourth-order valence-corrected chi connectivity index (χ4v) is 0.880. The molecule has 0 aromatic heterocycles. The van der Waals surface area contributed by atoms with Gasteiger partial charge in [-0.05, 0) is 18.6 Å². The Labute approximate surface area is 62.0 Å². The predicted octanol–water partition coefficient (Wildman–Crippen LogP) is 2.51. The minimum atomic E-state index is 0.701. The van der Waals surface area contributed by atoms with Crippen molar-refractivity contribution in [2.75, 3.05) is 12.3 Å². The second kappa shape index (κ2) is 7.95. The van der Waals surface area contributed by atoms with E-state index in [2.05, 4.69) is 17.7 Å². The Kier molecular flexibility index (Phi) is 7.91. The van der Waals surface area contributed by atoms with Gasteiger partial charge in [0.1, 0.15) is 0 Å². The van der Waals surface area contributed by atoms with Crippen molar-refractivity contribution in [2.24, 2.45) is 5.11 Å². The normalized spacial score (nSPS) is 9.44. The monoisotopic (exact) mass is 146 g/mol. The van der Waals surface area contributed by atoms with E-state index in [1.54, 1.807) is 0 Å². The molecule has 0 rings (SSSR count). The van der Waals surface area contributed by atoms with Gasteiger partial charge >= 0.3 is 0 Å². The SMILES string of the molecule is N=NCCCCCCS. The first-order chi connectivity index (χ1) is 4.41. The standard InChI is InChI=1S/C6H14N2S/c7-8-5-3-1-2-4-6-9/h7,9H,1-6H2. The van der Waals surface area contributed by atoms with E-state index >= 15 is 0 Å². The van der Waals surface area contributed by atoms with E-state index in [0.717, 1.165) is 12.2 Å². The van der Waals surface area contributed by atoms with Gasteiger partial charge in [0.2, 0.25) is 0 Å². The molecule has 0 saturated heterocycles. The van der Waals surface area contributed by atoms with Crippen LogP contribution in [0.3, 0.4) is 0 Å². The maximum absolute atomic E-state index is 6.49. The molecule has 0 radical (unpaired) electrons. The fourth-order valence-electron chi connectivity index (χ4n) is 0.656. The number of hydrogen-bond acceptors (Lipinski definition) is 3. The summed E-state index contributed by atoms with van der Waals surface area (Å²) in [4.78, 5) is 0. The molecule has 9 heavy (non-hydrogen) atoms. The van der Waals surface area contributed by atoms with Crippen molar-refractivity contribution in [3.05, 3.63) is 0 Å². The third-order valence-corrected chi connectivity index (χ3v) is 1.49. The van der Waals surface area contributed by atoms with Crippen molar-refractivity contribution >= 4 is 12.6 Å². The van der Waals surface area contributed by atoms with Crippen LogP contribution in [0.2, 0.25) is 0 Å². The largest absolute Gasteiger partial charge is 0.210 e. The molecule has 0 aliphatic carbocycles. The zero-order valence-electron chi connectivity index (χ0n) is 5.64. The van der Waals surface area contributed by atoms with Crippen LogP contribution in [-0.4, -0.2) is 12.3 Å². The third kappa shape index (κ3) is 7.95. The van der Waals surface area contributed by atoms with Gasteiger partial charge in [0.25, 0.3) is 0 Å². The zero-order chi connectivity index (χ0) is 6.95. The molecule has 1 N–H and O–H groups in total. The molecule has 0 aromatic rings. The topological polar surface area (TPSA) is 36.2 Å². The van der Waals surface area contributed by atoms with Crippen molar-refractivity contribution in [3.8, 4) is 0 Å². The van der Waals surface area contributed by atoms with E-state index in [1.165, 1.54) is 19.3 Å².